The van der Waals surface area contributed by atoms with Gasteiger partial charge in [0.25, 0.3) is 0 Å². The monoisotopic (exact) mass is 270 g/mol. The van der Waals surface area contributed by atoms with Crippen molar-refractivity contribution in [1.29, 1.82) is 0 Å². The SMILES string of the molecule is C1=CC2c3ccccc3C1c1cc3c(cc12)C1CCC3C1. The molecular formula is C21H18. The van der Waals surface area contributed by atoms with Crippen LogP contribution in [0.3, 0.4) is 0 Å². The van der Waals surface area contributed by atoms with Gasteiger partial charge in [0.1, 0.15) is 0 Å². The van der Waals surface area contributed by atoms with Crippen molar-refractivity contribution in [1.82, 2.24) is 0 Å². The van der Waals surface area contributed by atoms with Gasteiger partial charge in [-0.15, -0.1) is 0 Å². The van der Waals surface area contributed by atoms with Crippen LogP contribution in [0.25, 0.3) is 0 Å². The first-order valence-corrected chi connectivity index (χ1v) is 8.35. The quantitative estimate of drug-likeness (QED) is 0.577. The summed E-state index contributed by atoms with van der Waals surface area (Å²) in [6.45, 7) is 0. The third kappa shape index (κ3) is 1.19. The highest BCUT2D eigenvalue weighted by molar-refractivity contribution is 5.63. The standard InChI is InChI=1S/C21H18/c1-2-4-15-14(3-1)16-7-8-17(15)21-11-19-13-6-5-12(9-13)18(19)10-20(16)21/h1-4,7-8,10-13,16-17H,5-6,9H2. The van der Waals surface area contributed by atoms with Gasteiger partial charge in [-0.2, -0.15) is 0 Å². The van der Waals surface area contributed by atoms with Crippen LogP contribution < -0.4 is 0 Å². The molecule has 0 heterocycles. The second kappa shape index (κ2) is 3.50. The summed E-state index contributed by atoms with van der Waals surface area (Å²) in [5.41, 5.74) is 9.69. The van der Waals surface area contributed by atoms with E-state index in [1.54, 1.807) is 33.4 Å². The fourth-order valence-corrected chi connectivity index (χ4v) is 5.51. The largest absolute Gasteiger partial charge is 0.0757 e. The molecule has 0 N–H and O–H groups in total. The van der Waals surface area contributed by atoms with Crippen LogP contribution in [0.4, 0.5) is 0 Å². The first-order valence-electron chi connectivity index (χ1n) is 8.35. The molecule has 21 heavy (non-hydrogen) atoms. The van der Waals surface area contributed by atoms with E-state index < -0.39 is 0 Å². The van der Waals surface area contributed by atoms with Gasteiger partial charge in [0.15, 0.2) is 0 Å². The minimum absolute atomic E-state index is 0.505. The summed E-state index contributed by atoms with van der Waals surface area (Å²) in [5.74, 6) is 2.75. The first kappa shape index (κ1) is 10.8. The molecule has 0 aromatic heterocycles. The Hall–Kier alpha value is -1.82. The maximum Gasteiger partial charge on any atom is 0.0276 e. The maximum absolute atomic E-state index is 2.59. The van der Waals surface area contributed by atoms with Crippen LogP contribution in [0.1, 0.15) is 76.3 Å². The van der Waals surface area contributed by atoms with Gasteiger partial charge in [-0.05, 0) is 64.5 Å². The van der Waals surface area contributed by atoms with Crippen molar-refractivity contribution in [3.8, 4) is 0 Å². The Balaban J connectivity index is 1.63. The molecule has 0 aliphatic heterocycles. The van der Waals surface area contributed by atoms with E-state index >= 15 is 0 Å². The second-order valence-electron chi connectivity index (χ2n) is 7.29. The topological polar surface area (TPSA) is 0 Å². The van der Waals surface area contributed by atoms with E-state index in [0.717, 1.165) is 11.8 Å². The summed E-state index contributed by atoms with van der Waals surface area (Å²) in [7, 11) is 0. The number of allylic oxidation sites excluding steroid dienone is 2. The fourth-order valence-electron chi connectivity index (χ4n) is 5.51. The van der Waals surface area contributed by atoms with Crippen molar-refractivity contribution < 1.29 is 0 Å². The smallest absolute Gasteiger partial charge is 0.0276 e. The lowest BCUT2D eigenvalue weighted by Crippen LogP contribution is -2.21. The molecule has 5 aliphatic rings. The van der Waals surface area contributed by atoms with Gasteiger partial charge < -0.3 is 0 Å². The van der Waals surface area contributed by atoms with Crippen LogP contribution in [0.15, 0.2) is 48.6 Å². The average molecular weight is 270 g/mol. The summed E-state index contributed by atoms with van der Waals surface area (Å²) in [6, 6.07) is 14.2. The van der Waals surface area contributed by atoms with Crippen molar-refractivity contribution >= 4 is 0 Å². The van der Waals surface area contributed by atoms with E-state index in [2.05, 4.69) is 48.6 Å². The molecule has 7 rings (SSSR count). The second-order valence-corrected chi connectivity index (χ2v) is 7.29. The Morgan fingerprint density at radius 3 is 1.67 bits per heavy atom. The van der Waals surface area contributed by atoms with Gasteiger partial charge in [-0.25, -0.2) is 0 Å². The Morgan fingerprint density at radius 2 is 1.14 bits per heavy atom. The lowest BCUT2D eigenvalue weighted by molar-refractivity contribution is 0.707. The van der Waals surface area contributed by atoms with Crippen LogP contribution in [0.5, 0.6) is 0 Å². The lowest BCUT2D eigenvalue weighted by Gasteiger charge is -2.37. The highest BCUT2D eigenvalue weighted by Crippen LogP contribution is 2.57. The average Bonchev–Trinajstić information content (AvgIpc) is 3.16. The minimum atomic E-state index is 0.505. The molecule has 0 nitrogen and oxygen atoms in total. The minimum Gasteiger partial charge on any atom is -0.0757 e. The fraction of sp³-hybridized carbons (Fsp3) is 0.333. The van der Waals surface area contributed by atoms with E-state index in [1.807, 2.05) is 0 Å². The third-order valence-corrected chi connectivity index (χ3v) is 6.43. The molecule has 2 aromatic carbocycles. The Labute approximate surface area is 125 Å². The van der Waals surface area contributed by atoms with Crippen molar-refractivity contribution in [2.75, 3.05) is 0 Å². The summed E-state index contributed by atoms with van der Waals surface area (Å²) >= 11 is 0. The van der Waals surface area contributed by atoms with Crippen LogP contribution in [0, 0.1) is 0 Å². The van der Waals surface area contributed by atoms with E-state index in [-0.39, 0.29) is 0 Å². The molecule has 4 unspecified atom stereocenters. The molecule has 0 saturated heterocycles. The summed E-state index contributed by atoms with van der Waals surface area (Å²) in [6.07, 6.45) is 9.16. The van der Waals surface area contributed by atoms with Gasteiger partial charge in [-0.1, -0.05) is 48.6 Å². The molecular weight excluding hydrogens is 252 g/mol. The zero-order chi connectivity index (χ0) is 13.6. The zero-order valence-corrected chi connectivity index (χ0v) is 12.0. The van der Waals surface area contributed by atoms with Crippen molar-refractivity contribution in [2.45, 2.75) is 42.9 Å². The summed E-state index contributed by atoms with van der Waals surface area (Å²) in [4.78, 5) is 0. The van der Waals surface area contributed by atoms with E-state index in [4.69, 9.17) is 0 Å². The van der Waals surface area contributed by atoms with Gasteiger partial charge in [0.2, 0.25) is 0 Å². The summed E-state index contributed by atoms with van der Waals surface area (Å²) in [5, 5.41) is 0. The van der Waals surface area contributed by atoms with Crippen LogP contribution in [0.2, 0.25) is 0 Å². The predicted octanol–water partition coefficient (Wildman–Crippen LogP) is 5.20. The molecule has 4 atom stereocenters. The van der Waals surface area contributed by atoms with Gasteiger partial charge in [-0.3, -0.25) is 0 Å². The zero-order valence-electron chi connectivity index (χ0n) is 12.0. The maximum atomic E-state index is 2.59. The molecule has 0 amide bonds. The van der Waals surface area contributed by atoms with Crippen LogP contribution in [-0.4, -0.2) is 0 Å². The van der Waals surface area contributed by atoms with Crippen molar-refractivity contribution in [2.24, 2.45) is 0 Å². The number of fused-ring (bicyclic) bond motifs is 5. The molecule has 0 heteroatoms. The summed E-state index contributed by atoms with van der Waals surface area (Å²) < 4.78 is 0. The third-order valence-electron chi connectivity index (χ3n) is 6.43. The first-order chi connectivity index (χ1) is 10.4. The molecule has 2 aromatic rings. The van der Waals surface area contributed by atoms with Gasteiger partial charge in [0.05, 0.1) is 0 Å². The van der Waals surface area contributed by atoms with Crippen molar-refractivity contribution in [3.63, 3.8) is 0 Å². The number of hydrogen-bond acceptors (Lipinski definition) is 0. The van der Waals surface area contributed by atoms with Crippen LogP contribution in [-0.2, 0) is 0 Å². The number of hydrogen-bond donors (Lipinski definition) is 0. The highest BCUT2D eigenvalue weighted by atomic mass is 14.4. The van der Waals surface area contributed by atoms with Crippen LogP contribution >= 0.6 is 0 Å². The molecule has 0 radical (unpaired) electrons. The Bertz CT molecular complexity index is 745. The number of benzene rings is 2. The normalized spacial score (nSPS) is 33.0. The molecule has 5 aliphatic carbocycles. The predicted molar refractivity (Wildman–Crippen MR) is 85.0 cm³/mol. The van der Waals surface area contributed by atoms with Gasteiger partial charge >= 0.3 is 0 Å². The van der Waals surface area contributed by atoms with E-state index in [1.165, 1.54) is 19.3 Å². The Morgan fingerprint density at radius 1 is 0.619 bits per heavy atom. The van der Waals surface area contributed by atoms with Gasteiger partial charge in [0, 0.05) is 11.8 Å². The molecule has 0 spiro atoms. The molecule has 102 valence electrons. The Kier molecular flexibility index (Phi) is 1.80. The highest BCUT2D eigenvalue weighted by Gasteiger charge is 2.40. The van der Waals surface area contributed by atoms with E-state index in [9.17, 15) is 0 Å². The lowest BCUT2D eigenvalue weighted by atomic mass is 9.66. The molecule has 4 bridgehead atoms. The van der Waals surface area contributed by atoms with Crippen molar-refractivity contribution in [3.05, 3.63) is 81.9 Å². The molecule has 1 fully saturated rings. The molecule has 1 saturated carbocycles. The van der Waals surface area contributed by atoms with E-state index in [0.29, 0.717) is 11.8 Å². The number of rotatable bonds is 0.